The maximum absolute atomic E-state index is 13.1. The molecule has 4 heteroatoms. The molecule has 0 amide bonds. The first-order valence-corrected chi connectivity index (χ1v) is 11.0. The van der Waals surface area contributed by atoms with E-state index in [-0.39, 0.29) is 16.3 Å². The normalized spacial score (nSPS) is 49.0. The second-order valence-electron chi connectivity index (χ2n) is 9.99. The summed E-state index contributed by atoms with van der Waals surface area (Å²) in [5.74, 6) is 1.97. The van der Waals surface area contributed by atoms with Gasteiger partial charge in [0.25, 0.3) is 0 Å². The maximum Gasteiger partial charge on any atom is 0.312 e. The minimum absolute atomic E-state index is 0.0968. The van der Waals surface area contributed by atoms with E-state index in [1.807, 2.05) is 0 Å². The summed E-state index contributed by atoms with van der Waals surface area (Å²) in [7, 11) is 0. The van der Waals surface area contributed by atoms with Crippen molar-refractivity contribution in [3.05, 3.63) is 0 Å². The van der Waals surface area contributed by atoms with Crippen LogP contribution in [0.3, 0.4) is 0 Å². The molecule has 6 aliphatic rings. The van der Waals surface area contributed by atoms with E-state index in [4.69, 9.17) is 16.3 Å². The van der Waals surface area contributed by atoms with Crippen molar-refractivity contribution in [3.8, 4) is 0 Å². The van der Waals surface area contributed by atoms with Crippen LogP contribution in [0.25, 0.3) is 0 Å². The smallest absolute Gasteiger partial charge is 0.312 e. The molecule has 4 unspecified atom stereocenters. The summed E-state index contributed by atoms with van der Waals surface area (Å²) >= 11 is 6.89. The van der Waals surface area contributed by atoms with Crippen molar-refractivity contribution in [3.63, 3.8) is 0 Å². The highest BCUT2D eigenvalue weighted by molar-refractivity contribution is 6.24. The lowest BCUT2D eigenvalue weighted by molar-refractivity contribution is -0.172. The molecular formula is C21H32ClNO2. The average Bonchev–Trinajstić information content (AvgIpc) is 2.57. The quantitative estimate of drug-likeness (QED) is 0.549. The molecule has 0 aromatic carbocycles. The Bertz CT molecular complexity index is 534. The van der Waals surface area contributed by atoms with Gasteiger partial charge in [-0.15, -0.1) is 11.6 Å². The average molecular weight is 366 g/mol. The molecule has 6 fully saturated rings. The van der Waals surface area contributed by atoms with Crippen LogP contribution in [0.15, 0.2) is 0 Å². The van der Waals surface area contributed by atoms with Crippen LogP contribution in [0.2, 0.25) is 0 Å². The molecule has 0 aromatic heterocycles. The van der Waals surface area contributed by atoms with Crippen molar-refractivity contribution in [2.45, 2.75) is 81.5 Å². The molecular weight excluding hydrogens is 334 g/mol. The van der Waals surface area contributed by atoms with Crippen LogP contribution in [0.1, 0.15) is 70.6 Å². The Morgan fingerprint density at radius 2 is 1.80 bits per heavy atom. The molecule has 0 spiro atoms. The van der Waals surface area contributed by atoms with Gasteiger partial charge in [0.1, 0.15) is 0 Å². The Morgan fingerprint density at radius 3 is 2.56 bits per heavy atom. The van der Waals surface area contributed by atoms with Crippen LogP contribution in [-0.4, -0.2) is 41.5 Å². The molecule has 25 heavy (non-hydrogen) atoms. The molecule has 0 radical (unpaired) electrons. The predicted molar refractivity (Wildman–Crippen MR) is 98.6 cm³/mol. The van der Waals surface area contributed by atoms with Gasteiger partial charge in [-0.2, -0.15) is 0 Å². The fourth-order valence-electron chi connectivity index (χ4n) is 7.50. The molecule has 3 nitrogen and oxygen atoms in total. The van der Waals surface area contributed by atoms with Crippen LogP contribution in [-0.2, 0) is 9.53 Å². The SMILES string of the molecule is O=C(OCC1CCCN2CCCCC12)C12CC3CC(CC(Cl)(C3)C1)C2. The summed E-state index contributed by atoms with van der Waals surface area (Å²) in [6, 6.07) is 0.658. The predicted octanol–water partition coefficient (Wildman–Crippen LogP) is 4.37. The largest absolute Gasteiger partial charge is 0.465 e. The first-order valence-electron chi connectivity index (χ1n) is 10.7. The highest BCUT2D eigenvalue weighted by Crippen LogP contribution is 2.64. The van der Waals surface area contributed by atoms with E-state index >= 15 is 0 Å². The number of carbonyl (C=O) groups excluding carboxylic acids is 1. The van der Waals surface area contributed by atoms with Gasteiger partial charge in [-0.05, 0) is 89.1 Å². The minimum Gasteiger partial charge on any atom is -0.465 e. The second-order valence-corrected chi connectivity index (χ2v) is 10.8. The summed E-state index contributed by atoms with van der Waals surface area (Å²) < 4.78 is 6.04. The van der Waals surface area contributed by atoms with Gasteiger partial charge >= 0.3 is 5.97 Å². The summed E-state index contributed by atoms with van der Waals surface area (Å²) in [4.78, 5) is 15.7. The topological polar surface area (TPSA) is 29.5 Å². The van der Waals surface area contributed by atoms with Gasteiger partial charge in [0.2, 0.25) is 0 Å². The Morgan fingerprint density at radius 1 is 1.04 bits per heavy atom. The van der Waals surface area contributed by atoms with Gasteiger partial charge in [-0.1, -0.05) is 6.42 Å². The first-order chi connectivity index (χ1) is 12.1. The molecule has 0 N–H and O–H groups in total. The van der Waals surface area contributed by atoms with Crippen molar-refractivity contribution < 1.29 is 9.53 Å². The summed E-state index contributed by atoms with van der Waals surface area (Å²) in [5, 5.41) is 0. The highest BCUT2D eigenvalue weighted by atomic mass is 35.5. The van der Waals surface area contributed by atoms with Crippen LogP contribution < -0.4 is 0 Å². The van der Waals surface area contributed by atoms with Crippen LogP contribution >= 0.6 is 11.6 Å². The zero-order chi connectivity index (χ0) is 17.1. The van der Waals surface area contributed by atoms with Crippen LogP contribution in [0.5, 0.6) is 0 Å². The van der Waals surface area contributed by atoms with Crippen molar-refractivity contribution in [2.75, 3.05) is 19.7 Å². The molecule has 4 saturated carbocycles. The van der Waals surface area contributed by atoms with Gasteiger partial charge in [0.15, 0.2) is 0 Å². The molecule has 2 heterocycles. The Labute approximate surface area is 156 Å². The minimum atomic E-state index is -0.243. The van der Waals surface area contributed by atoms with Crippen LogP contribution in [0.4, 0.5) is 0 Å². The van der Waals surface area contributed by atoms with Gasteiger partial charge in [0.05, 0.1) is 12.0 Å². The fourth-order valence-corrected chi connectivity index (χ4v) is 8.19. The number of hydrogen-bond acceptors (Lipinski definition) is 3. The highest BCUT2D eigenvalue weighted by Gasteiger charge is 2.60. The monoisotopic (exact) mass is 365 g/mol. The fraction of sp³-hybridized carbons (Fsp3) is 0.952. The second kappa shape index (κ2) is 6.12. The number of halogens is 1. The van der Waals surface area contributed by atoms with E-state index in [1.165, 1.54) is 51.6 Å². The maximum atomic E-state index is 13.1. The Hall–Kier alpha value is -0.280. The van der Waals surface area contributed by atoms with E-state index < -0.39 is 0 Å². The Kier molecular flexibility index (Phi) is 4.13. The molecule has 2 saturated heterocycles. The number of fused-ring (bicyclic) bond motifs is 1. The molecule has 0 aromatic rings. The third kappa shape index (κ3) is 2.94. The number of carbonyl (C=O) groups is 1. The van der Waals surface area contributed by atoms with E-state index in [9.17, 15) is 4.79 Å². The third-order valence-corrected chi connectivity index (χ3v) is 8.52. The summed E-state index contributed by atoms with van der Waals surface area (Å²) in [5.41, 5.74) is -0.243. The van der Waals surface area contributed by atoms with Crippen molar-refractivity contribution in [1.29, 1.82) is 0 Å². The standard InChI is InChI=1S/C21H32ClNO2/c22-21-11-15-8-16(12-21)10-20(9-15,14-21)19(24)25-13-17-4-3-7-23-6-2-1-5-18(17)23/h15-18H,1-14H2. The summed E-state index contributed by atoms with van der Waals surface area (Å²) in [6.45, 7) is 3.14. The molecule has 140 valence electrons. The van der Waals surface area contributed by atoms with Crippen molar-refractivity contribution >= 4 is 17.6 Å². The lowest BCUT2D eigenvalue weighted by Gasteiger charge is -2.58. The molecule has 4 atom stereocenters. The summed E-state index contributed by atoms with van der Waals surface area (Å²) in [6.07, 6.45) is 13.0. The molecule has 4 bridgehead atoms. The van der Waals surface area contributed by atoms with E-state index in [2.05, 4.69) is 4.90 Å². The Balaban J connectivity index is 1.25. The zero-order valence-electron chi connectivity index (χ0n) is 15.4. The number of hydrogen-bond donors (Lipinski definition) is 0. The van der Waals surface area contributed by atoms with Gasteiger partial charge in [0, 0.05) is 16.8 Å². The van der Waals surface area contributed by atoms with E-state index in [0.29, 0.717) is 30.4 Å². The molecule has 6 rings (SSSR count). The lowest BCUT2D eigenvalue weighted by Crippen LogP contribution is -2.56. The molecule has 4 aliphatic carbocycles. The number of esters is 1. The van der Waals surface area contributed by atoms with Crippen LogP contribution in [0, 0.1) is 23.2 Å². The van der Waals surface area contributed by atoms with Gasteiger partial charge in [-0.25, -0.2) is 0 Å². The number of piperidine rings is 2. The first kappa shape index (κ1) is 16.9. The van der Waals surface area contributed by atoms with Crippen molar-refractivity contribution in [2.24, 2.45) is 23.2 Å². The number of rotatable bonds is 3. The number of ether oxygens (including phenoxy) is 1. The lowest BCUT2D eigenvalue weighted by atomic mass is 9.49. The zero-order valence-corrected chi connectivity index (χ0v) is 16.1. The van der Waals surface area contributed by atoms with Gasteiger partial charge in [-0.3, -0.25) is 9.69 Å². The van der Waals surface area contributed by atoms with Gasteiger partial charge < -0.3 is 4.74 Å². The number of nitrogens with zero attached hydrogens (tertiary/aromatic N) is 1. The number of alkyl halides is 1. The van der Waals surface area contributed by atoms with E-state index in [0.717, 1.165) is 32.1 Å². The molecule has 2 aliphatic heterocycles. The van der Waals surface area contributed by atoms with Crippen molar-refractivity contribution in [1.82, 2.24) is 4.90 Å². The van der Waals surface area contributed by atoms with E-state index in [1.54, 1.807) is 0 Å². The third-order valence-electron chi connectivity index (χ3n) is 8.08.